The summed E-state index contributed by atoms with van der Waals surface area (Å²) in [7, 11) is 0. The van der Waals surface area contributed by atoms with Crippen molar-refractivity contribution in [2.24, 2.45) is 5.92 Å². The second-order valence-corrected chi connectivity index (χ2v) is 4.92. The molecule has 0 bridgehead atoms. The second kappa shape index (κ2) is 5.19. The normalized spacial score (nSPS) is 21.2. The molecule has 16 heavy (non-hydrogen) atoms. The van der Waals surface area contributed by atoms with Gasteiger partial charge in [-0.1, -0.05) is 24.9 Å². The van der Waals surface area contributed by atoms with E-state index < -0.39 is 0 Å². The average molecular weight is 260 g/mol. The molecule has 1 unspecified atom stereocenters. The number of anilines is 1. The van der Waals surface area contributed by atoms with Crippen molar-refractivity contribution in [3.8, 4) is 0 Å². The molecule has 1 aromatic heterocycles. The van der Waals surface area contributed by atoms with Crippen LogP contribution in [0.2, 0.25) is 10.3 Å². The van der Waals surface area contributed by atoms with Crippen molar-refractivity contribution in [3.63, 3.8) is 0 Å². The predicted molar refractivity (Wildman–Crippen MR) is 67.3 cm³/mol. The van der Waals surface area contributed by atoms with Crippen LogP contribution in [0.1, 0.15) is 26.2 Å². The van der Waals surface area contributed by atoms with Crippen LogP contribution < -0.4 is 4.90 Å². The Hall–Kier alpha value is -0.540. The van der Waals surface area contributed by atoms with Crippen molar-refractivity contribution in [1.82, 2.24) is 9.97 Å². The van der Waals surface area contributed by atoms with Gasteiger partial charge in [0.25, 0.3) is 0 Å². The van der Waals surface area contributed by atoms with Gasteiger partial charge in [-0.3, -0.25) is 0 Å². The molecule has 2 rings (SSSR count). The van der Waals surface area contributed by atoms with Crippen molar-refractivity contribution in [1.29, 1.82) is 0 Å². The highest BCUT2D eigenvalue weighted by molar-refractivity contribution is 6.33. The fraction of sp³-hybridized carbons (Fsp3) is 0.636. The molecule has 3 nitrogen and oxygen atoms in total. The summed E-state index contributed by atoms with van der Waals surface area (Å²) >= 11 is 11.9. The first-order valence-electron chi connectivity index (χ1n) is 5.63. The number of hydrogen-bond donors (Lipinski definition) is 0. The number of rotatable bonds is 2. The maximum atomic E-state index is 6.10. The van der Waals surface area contributed by atoms with E-state index in [0.29, 0.717) is 5.02 Å². The standard InChI is InChI=1S/C11H15Cl2N3/c1-2-8-4-3-5-16(7-8)10-9(12)6-14-11(13)15-10/h6,8H,2-5,7H2,1H3. The van der Waals surface area contributed by atoms with Crippen molar-refractivity contribution >= 4 is 29.0 Å². The Kier molecular flexibility index (Phi) is 3.87. The Bertz CT molecular complexity index is 370. The monoisotopic (exact) mass is 259 g/mol. The molecule has 1 aromatic rings. The molecule has 0 aromatic carbocycles. The van der Waals surface area contributed by atoms with Crippen LogP contribution in [0, 0.1) is 5.92 Å². The lowest BCUT2D eigenvalue weighted by Gasteiger charge is -2.33. The summed E-state index contributed by atoms with van der Waals surface area (Å²) in [5, 5.41) is 0.846. The molecule has 1 aliphatic rings. The molecule has 1 fully saturated rings. The Labute approximate surface area is 106 Å². The van der Waals surface area contributed by atoms with Crippen molar-refractivity contribution in [2.75, 3.05) is 18.0 Å². The highest BCUT2D eigenvalue weighted by Gasteiger charge is 2.21. The van der Waals surface area contributed by atoms with Gasteiger partial charge in [-0.25, -0.2) is 4.98 Å². The van der Waals surface area contributed by atoms with E-state index in [4.69, 9.17) is 23.2 Å². The lowest BCUT2D eigenvalue weighted by atomic mass is 9.96. The van der Waals surface area contributed by atoms with Crippen LogP contribution in [0.15, 0.2) is 6.20 Å². The van der Waals surface area contributed by atoms with Gasteiger partial charge >= 0.3 is 0 Å². The SMILES string of the molecule is CCC1CCCN(c2nc(Cl)ncc2Cl)C1. The summed E-state index contributed by atoms with van der Waals surface area (Å²) in [6.45, 7) is 4.25. The molecule has 2 heterocycles. The van der Waals surface area contributed by atoms with E-state index in [1.54, 1.807) is 6.20 Å². The summed E-state index contributed by atoms with van der Waals surface area (Å²) in [6, 6.07) is 0. The van der Waals surface area contributed by atoms with Crippen LogP contribution in [0.4, 0.5) is 5.82 Å². The van der Waals surface area contributed by atoms with Crippen molar-refractivity contribution < 1.29 is 0 Å². The molecule has 1 atom stereocenters. The van der Waals surface area contributed by atoms with E-state index in [-0.39, 0.29) is 5.28 Å². The summed E-state index contributed by atoms with van der Waals surface area (Å²) in [5.41, 5.74) is 0. The predicted octanol–water partition coefficient (Wildman–Crippen LogP) is 3.41. The third-order valence-electron chi connectivity index (χ3n) is 3.09. The van der Waals surface area contributed by atoms with Crippen LogP contribution in [0.3, 0.4) is 0 Å². The summed E-state index contributed by atoms with van der Waals surface area (Å²) in [4.78, 5) is 10.3. The van der Waals surface area contributed by atoms with Gasteiger partial charge in [0.2, 0.25) is 5.28 Å². The molecule has 0 N–H and O–H groups in total. The number of piperidine rings is 1. The lowest BCUT2D eigenvalue weighted by molar-refractivity contribution is 0.403. The number of nitrogens with zero attached hydrogens (tertiary/aromatic N) is 3. The molecule has 0 aliphatic carbocycles. The van der Waals surface area contributed by atoms with Gasteiger partial charge in [0.15, 0.2) is 5.82 Å². The number of hydrogen-bond acceptors (Lipinski definition) is 3. The van der Waals surface area contributed by atoms with Gasteiger partial charge < -0.3 is 4.90 Å². The molecule has 1 saturated heterocycles. The van der Waals surface area contributed by atoms with Crippen LogP contribution in [-0.2, 0) is 0 Å². The first kappa shape index (κ1) is 11.9. The zero-order chi connectivity index (χ0) is 11.5. The second-order valence-electron chi connectivity index (χ2n) is 4.17. The zero-order valence-electron chi connectivity index (χ0n) is 9.29. The third-order valence-corrected chi connectivity index (χ3v) is 3.54. The molecule has 5 heteroatoms. The molecular formula is C11H15Cl2N3. The highest BCUT2D eigenvalue weighted by Crippen LogP contribution is 2.29. The Morgan fingerprint density at radius 2 is 2.31 bits per heavy atom. The van der Waals surface area contributed by atoms with Crippen molar-refractivity contribution in [2.45, 2.75) is 26.2 Å². The zero-order valence-corrected chi connectivity index (χ0v) is 10.8. The van der Waals surface area contributed by atoms with E-state index >= 15 is 0 Å². The first-order chi connectivity index (χ1) is 7.70. The maximum Gasteiger partial charge on any atom is 0.224 e. The van der Waals surface area contributed by atoms with E-state index in [1.165, 1.54) is 19.3 Å². The van der Waals surface area contributed by atoms with Gasteiger partial charge in [0.05, 0.1) is 6.20 Å². The van der Waals surface area contributed by atoms with Gasteiger partial charge in [-0.2, -0.15) is 4.98 Å². The Morgan fingerprint density at radius 3 is 3.06 bits per heavy atom. The van der Waals surface area contributed by atoms with Crippen molar-refractivity contribution in [3.05, 3.63) is 16.5 Å². The minimum absolute atomic E-state index is 0.262. The van der Waals surface area contributed by atoms with Gasteiger partial charge in [-0.15, -0.1) is 0 Å². The van der Waals surface area contributed by atoms with E-state index in [2.05, 4.69) is 21.8 Å². The topological polar surface area (TPSA) is 29.0 Å². The molecule has 1 aliphatic heterocycles. The lowest BCUT2D eigenvalue weighted by Crippen LogP contribution is -2.36. The third kappa shape index (κ3) is 2.58. The first-order valence-corrected chi connectivity index (χ1v) is 6.39. The number of aromatic nitrogens is 2. The van der Waals surface area contributed by atoms with Crippen LogP contribution in [-0.4, -0.2) is 23.1 Å². The minimum Gasteiger partial charge on any atom is -0.355 e. The summed E-state index contributed by atoms with van der Waals surface area (Å²) in [5.74, 6) is 1.51. The summed E-state index contributed by atoms with van der Waals surface area (Å²) < 4.78 is 0. The average Bonchev–Trinajstić information content (AvgIpc) is 2.32. The van der Waals surface area contributed by atoms with Crippen LogP contribution in [0.25, 0.3) is 0 Å². The number of halogens is 2. The van der Waals surface area contributed by atoms with Crippen LogP contribution in [0.5, 0.6) is 0 Å². The van der Waals surface area contributed by atoms with E-state index in [1.807, 2.05) is 0 Å². The molecule has 0 radical (unpaired) electrons. The quantitative estimate of drug-likeness (QED) is 0.763. The molecule has 88 valence electrons. The van der Waals surface area contributed by atoms with Gasteiger partial charge in [0, 0.05) is 13.1 Å². The fourth-order valence-electron chi connectivity index (χ4n) is 2.15. The Balaban J connectivity index is 2.19. The minimum atomic E-state index is 0.262. The highest BCUT2D eigenvalue weighted by atomic mass is 35.5. The molecule has 0 spiro atoms. The maximum absolute atomic E-state index is 6.10. The largest absolute Gasteiger partial charge is 0.355 e. The molecule has 0 saturated carbocycles. The molecule has 0 amide bonds. The molecular weight excluding hydrogens is 245 g/mol. The summed E-state index contributed by atoms with van der Waals surface area (Å²) in [6.07, 6.45) is 5.26. The van der Waals surface area contributed by atoms with Crippen LogP contribution >= 0.6 is 23.2 Å². The Morgan fingerprint density at radius 1 is 1.50 bits per heavy atom. The van der Waals surface area contributed by atoms with E-state index in [0.717, 1.165) is 24.8 Å². The smallest absolute Gasteiger partial charge is 0.224 e. The van der Waals surface area contributed by atoms with E-state index in [9.17, 15) is 0 Å². The van der Waals surface area contributed by atoms with Gasteiger partial charge in [-0.05, 0) is 30.4 Å². The van der Waals surface area contributed by atoms with Gasteiger partial charge in [0.1, 0.15) is 5.02 Å². The fourth-order valence-corrected chi connectivity index (χ4v) is 2.49.